The van der Waals surface area contributed by atoms with Crippen molar-refractivity contribution in [2.75, 3.05) is 7.11 Å². The van der Waals surface area contributed by atoms with E-state index in [9.17, 15) is 0 Å². The maximum atomic E-state index is 5.41. The fourth-order valence-corrected chi connectivity index (χ4v) is 4.74. The number of imidazole rings is 2. The summed E-state index contributed by atoms with van der Waals surface area (Å²) in [5.41, 5.74) is 10.0. The Morgan fingerprint density at radius 1 is 0.667 bits per heavy atom. The molecule has 0 fully saturated rings. The summed E-state index contributed by atoms with van der Waals surface area (Å²) in [4.78, 5) is 5.27. The molecule has 0 aliphatic rings. The SMILES string of the molecule is COc1ccc(-c2cn3c(-c4ccccc4)c(-c4ccccc4)nc3n2-c2ccc(C)c(C)c2)cc1. The quantitative estimate of drug-likeness (QED) is 0.258. The summed E-state index contributed by atoms with van der Waals surface area (Å²) >= 11 is 0. The molecule has 4 aromatic carbocycles. The Kier molecular flexibility index (Phi) is 5.42. The van der Waals surface area contributed by atoms with E-state index in [2.05, 4.69) is 108 Å². The summed E-state index contributed by atoms with van der Waals surface area (Å²) in [6, 6.07) is 35.7. The number of aryl methyl sites for hydroxylation is 2. The van der Waals surface area contributed by atoms with Crippen LogP contribution in [0.15, 0.2) is 109 Å². The summed E-state index contributed by atoms with van der Waals surface area (Å²) in [7, 11) is 1.69. The lowest BCUT2D eigenvalue weighted by Gasteiger charge is -2.12. The standard InChI is InChI=1S/C32H27N3O/c1-22-14-17-27(20-23(22)2)35-29(24-15-18-28(36-3)19-16-24)21-34-31(26-12-8-5-9-13-26)30(33-32(34)35)25-10-6-4-7-11-25/h4-21H,1-3H3. The van der Waals surface area contributed by atoms with Crippen LogP contribution in [-0.4, -0.2) is 21.1 Å². The van der Waals surface area contributed by atoms with Crippen LogP contribution in [-0.2, 0) is 0 Å². The molecule has 0 bridgehead atoms. The minimum Gasteiger partial charge on any atom is -0.497 e. The summed E-state index contributed by atoms with van der Waals surface area (Å²) in [5, 5.41) is 0. The molecule has 2 heterocycles. The van der Waals surface area contributed by atoms with Gasteiger partial charge < -0.3 is 4.74 Å². The van der Waals surface area contributed by atoms with Crippen molar-refractivity contribution in [1.82, 2.24) is 14.0 Å². The molecule has 0 spiro atoms. The molecular formula is C32H27N3O. The molecule has 0 unspecified atom stereocenters. The molecule has 176 valence electrons. The number of aromatic nitrogens is 3. The minimum atomic E-state index is 0.837. The van der Waals surface area contributed by atoms with Crippen molar-refractivity contribution in [3.8, 4) is 45.2 Å². The van der Waals surface area contributed by atoms with E-state index in [0.29, 0.717) is 0 Å². The van der Waals surface area contributed by atoms with Crippen molar-refractivity contribution in [3.05, 3.63) is 120 Å². The first-order chi connectivity index (χ1) is 17.6. The molecule has 36 heavy (non-hydrogen) atoms. The molecule has 4 nitrogen and oxygen atoms in total. The molecule has 0 aliphatic heterocycles. The van der Waals surface area contributed by atoms with E-state index in [1.165, 1.54) is 11.1 Å². The lowest BCUT2D eigenvalue weighted by atomic mass is 10.0. The Hall–Kier alpha value is -4.57. The minimum absolute atomic E-state index is 0.837. The van der Waals surface area contributed by atoms with Gasteiger partial charge >= 0.3 is 0 Å². The van der Waals surface area contributed by atoms with E-state index in [4.69, 9.17) is 9.72 Å². The molecular weight excluding hydrogens is 442 g/mol. The fraction of sp³-hybridized carbons (Fsp3) is 0.0938. The van der Waals surface area contributed by atoms with E-state index in [1.807, 2.05) is 24.3 Å². The molecule has 0 atom stereocenters. The number of hydrogen-bond donors (Lipinski definition) is 0. The van der Waals surface area contributed by atoms with Crippen LogP contribution in [0.1, 0.15) is 11.1 Å². The first kappa shape index (κ1) is 21.9. The molecule has 0 saturated heterocycles. The van der Waals surface area contributed by atoms with E-state index < -0.39 is 0 Å². The summed E-state index contributed by atoms with van der Waals surface area (Å²) in [6.07, 6.45) is 2.20. The van der Waals surface area contributed by atoms with E-state index >= 15 is 0 Å². The van der Waals surface area contributed by atoms with Gasteiger partial charge in [0.15, 0.2) is 0 Å². The topological polar surface area (TPSA) is 31.5 Å². The zero-order valence-corrected chi connectivity index (χ0v) is 20.6. The lowest BCUT2D eigenvalue weighted by molar-refractivity contribution is 0.415. The van der Waals surface area contributed by atoms with Gasteiger partial charge in [-0.2, -0.15) is 0 Å². The van der Waals surface area contributed by atoms with Crippen molar-refractivity contribution in [3.63, 3.8) is 0 Å². The average Bonchev–Trinajstić information content (AvgIpc) is 3.48. The molecule has 0 N–H and O–H groups in total. The number of ether oxygens (including phenoxy) is 1. The zero-order valence-electron chi connectivity index (χ0n) is 20.6. The first-order valence-electron chi connectivity index (χ1n) is 12.1. The highest BCUT2D eigenvalue weighted by Crippen LogP contribution is 2.37. The van der Waals surface area contributed by atoms with Gasteiger partial charge in [0.2, 0.25) is 5.78 Å². The number of fused-ring (bicyclic) bond motifs is 1. The fourth-order valence-electron chi connectivity index (χ4n) is 4.74. The number of methoxy groups -OCH3 is 1. The van der Waals surface area contributed by atoms with Crippen LogP contribution in [0.4, 0.5) is 0 Å². The van der Waals surface area contributed by atoms with Crippen LogP contribution in [0, 0.1) is 13.8 Å². The van der Waals surface area contributed by atoms with Crippen molar-refractivity contribution in [2.45, 2.75) is 13.8 Å². The molecule has 6 aromatic rings. The van der Waals surface area contributed by atoms with Crippen LogP contribution in [0.3, 0.4) is 0 Å². The third-order valence-corrected chi connectivity index (χ3v) is 6.81. The van der Waals surface area contributed by atoms with Gasteiger partial charge in [-0.3, -0.25) is 8.97 Å². The molecule has 6 rings (SSSR count). The first-order valence-corrected chi connectivity index (χ1v) is 12.1. The molecule has 0 saturated carbocycles. The Labute approximate surface area is 211 Å². The molecule has 4 heteroatoms. The monoisotopic (exact) mass is 469 g/mol. The van der Waals surface area contributed by atoms with Gasteiger partial charge in [0.25, 0.3) is 0 Å². The van der Waals surface area contributed by atoms with Crippen LogP contribution in [0.25, 0.3) is 45.2 Å². The van der Waals surface area contributed by atoms with Gasteiger partial charge in [-0.05, 0) is 61.4 Å². The van der Waals surface area contributed by atoms with Gasteiger partial charge in [-0.1, -0.05) is 66.7 Å². The van der Waals surface area contributed by atoms with Crippen molar-refractivity contribution < 1.29 is 4.74 Å². The van der Waals surface area contributed by atoms with Gasteiger partial charge in [0, 0.05) is 28.6 Å². The smallest absolute Gasteiger partial charge is 0.220 e. The van der Waals surface area contributed by atoms with Crippen molar-refractivity contribution in [2.24, 2.45) is 0 Å². The highest BCUT2D eigenvalue weighted by Gasteiger charge is 2.22. The Balaban J connectivity index is 1.70. The van der Waals surface area contributed by atoms with Gasteiger partial charge in [0.05, 0.1) is 24.2 Å². The Bertz CT molecular complexity index is 1660. The van der Waals surface area contributed by atoms with E-state index in [1.54, 1.807) is 7.11 Å². The normalized spacial score (nSPS) is 11.2. The number of nitrogens with zero attached hydrogens (tertiary/aromatic N) is 3. The molecule has 0 radical (unpaired) electrons. The van der Waals surface area contributed by atoms with Crippen LogP contribution in [0.5, 0.6) is 5.75 Å². The van der Waals surface area contributed by atoms with Crippen LogP contribution >= 0.6 is 0 Å². The highest BCUT2D eigenvalue weighted by atomic mass is 16.5. The second-order valence-corrected chi connectivity index (χ2v) is 9.06. The average molecular weight is 470 g/mol. The maximum absolute atomic E-state index is 5.41. The van der Waals surface area contributed by atoms with Crippen LogP contribution in [0.2, 0.25) is 0 Å². The second-order valence-electron chi connectivity index (χ2n) is 9.06. The number of hydrogen-bond acceptors (Lipinski definition) is 2. The van der Waals surface area contributed by atoms with E-state index in [0.717, 1.165) is 51.0 Å². The maximum Gasteiger partial charge on any atom is 0.220 e. The predicted molar refractivity (Wildman–Crippen MR) is 147 cm³/mol. The van der Waals surface area contributed by atoms with E-state index in [-0.39, 0.29) is 0 Å². The number of benzene rings is 4. The molecule has 0 aliphatic carbocycles. The highest BCUT2D eigenvalue weighted by molar-refractivity contribution is 5.83. The molecule has 2 aromatic heterocycles. The third-order valence-electron chi connectivity index (χ3n) is 6.81. The van der Waals surface area contributed by atoms with Gasteiger partial charge in [0.1, 0.15) is 5.75 Å². The van der Waals surface area contributed by atoms with Crippen molar-refractivity contribution >= 4 is 5.78 Å². The summed E-state index contributed by atoms with van der Waals surface area (Å²) < 4.78 is 9.90. The van der Waals surface area contributed by atoms with Crippen LogP contribution < -0.4 is 4.74 Å². The zero-order chi connectivity index (χ0) is 24.6. The Morgan fingerprint density at radius 3 is 1.97 bits per heavy atom. The predicted octanol–water partition coefficient (Wildman–Crippen LogP) is 7.75. The number of rotatable bonds is 5. The van der Waals surface area contributed by atoms with Crippen molar-refractivity contribution in [1.29, 1.82) is 0 Å². The molecule has 0 amide bonds. The third kappa shape index (κ3) is 3.68. The lowest BCUT2D eigenvalue weighted by Crippen LogP contribution is -1.99. The summed E-state index contributed by atoms with van der Waals surface area (Å²) in [6.45, 7) is 4.30. The second kappa shape index (κ2) is 8.90. The summed E-state index contributed by atoms with van der Waals surface area (Å²) in [5.74, 6) is 1.71. The van der Waals surface area contributed by atoms with Gasteiger partial charge in [-0.15, -0.1) is 0 Å². The van der Waals surface area contributed by atoms with Gasteiger partial charge in [-0.25, -0.2) is 4.98 Å². The Morgan fingerprint density at radius 2 is 1.33 bits per heavy atom. The largest absolute Gasteiger partial charge is 0.497 e.